The largest absolute Gasteiger partial charge is 0.391 e. The highest BCUT2D eigenvalue weighted by Gasteiger charge is 2.43. The van der Waals surface area contributed by atoms with E-state index in [2.05, 4.69) is 16.0 Å². The zero-order valence-corrected chi connectivity index (χ0v) is 24.4. The molecule has 3 aliphatic heterocycles. The van der Waals surface area contributed by atoms with Crippen LogP contribution in [0.15, 0.2) is 30.3 Å². The number of rotatable bonds is 5. The fraction of sp³-hybridized carbons (Fsp3) is 0.633. The smallest absolute Gasteiger partial charge is 0.246 e. The molecule has 0 bridgehead atoms. The lowest BCUT2D eigenvalue weighted by Crippen LogP contribution is -2.58. The van der Waals surface area contributed by atoms with Crippen LogP contribution in [-0.2, 0) is 35.1 Å². The van der Waals surface area contributed by atoms with Crippen LogP contribution < -0.4 is 16.0 Å². The van der Waals surface area contributed by atoms with E-state index >= 15 is 0 Å². The van der Waals surface area contributed by atoms with Gasteiger partial charge >= 0.3 is 0 Å². The van der Waals surface area contributed by atoms with Crippen molar-refractivity contribution in [3.8, 4) is 0 Å². The number of fused-ring (bicyclic) bond motifs is 1. The summed E-state index contributed by atoms with van der Waals surface area (Å²) >= 11 is 0. The molecule has 1 aromatic carbocycles. The number of nitrogens with one attached hydrogen (secondary N) is 3. The van der Waals surface area contributed by atoms with Gasteiger partial charge in [-0.3, -0.25) is 24.0 Å². The number of carbonyl (C=O) groups is 5. The topological polar surface area (TPSA) is 157 Å². The minimum absolute atomic E-state index is 0.0196. The summed E-state index contributed by atoms with van der Waals surface area (Å²) in [6.45, 7) is 4.47. The Morgan fingerprint density at radius 3 is 2.48 bits per heavy atom. The molecule has 42 heavy (non-hydrogen) atoms. The second-order valence-electron chi connectivity index (χ2n) is 11.5. The molecule has 3 fully saturated rings. The van der Waals surface area contributed by atoms with Crippen LogP contribution in [0.3, 0.4) is 0 Å². The number of aliphatic hydroxyl groups is 1. The maximum Gasteiger partial charge on any atom is 0.246 e. The molecule has 5 amide bonds. The van der Waals surface area contributed by atoms with Gasteiger partial charge in [-0.2, -0.15) is 0 Å². The first-order valence-electron chi connectivity index (χ1n) is 14.9. The molecule has 0 saturated carbocycles. The van der Waals surface area contributed by atoms with Crippen molar-refractivity contribution in [1.29, 1.82) is 0 Å². The van der Waals surface area contributed by atoms with Gasteiger partial charge in [0, 0.05) is 51.6 Å². The van der Waals surface area contributed by atoms with Gasteiger partial charge in [-0.15, -0.1) is 0 Å². The third kappa shape index (κ3) is 7.86. The standard InChI is InChI=1S/C30H43N5O7/c1-3-19(2)26-30(41)35-17-22(36)16-24(35)28(39)32-23(15-20-7-5-4-6-8-20)27(38)31-11-12-34(18-25(37)33-26)29(40)21-9-13-42-14-10-21/h4-8,19,21-24,26,36H,3,9-18H2,1-2H3,(H,31,38)(H,32,39)(H,33,37)/t19-,22+,23-,24-,26-/m0/s1. The molecule has 1 aromatic rings. The van der Waals surface area contributed by atoms with E-state index in [1.165, 1.54) is 9.80 Å². The molecule has 5 atom stereocenters. The summed E-state index contributed by atoms with van der Waals surface area (Å²) in [7, 11) is 0. The summed E-state index contributed by atoms with van der Waals surface area (Å²) in [6.07, 6.45) is 0.966. The van der Waals surface area contributed by atoms with Gasteiger partial charge < -0.3 is 35.6 Å². The van der Waals surface area contributed by atoms with Gasteiger partial charge in [-0.25, -0.2) is 0 Å². The van der Waals surface area contributed by atoms with E-state index < -0.39 is 47.9 Å². The molecule has 12 nitrogen and oxygen atoms in total. The Morgan fingerprint density at radius 1 is 1.07 bits per heavy atom. The van der Waals surface area contributed by atoms with Gasteiger partial charge in [0.05, 0.1) is 12.6 Å². The zero-order chi connectivity index (χ0) is 30.2. The second-order valence-corrected chi connectivity index (χ2v) is 11.5. The van der Waals surface area contributed by atoms with E-state index in [9.17, 15) is 29.1 Å². The monoisotopic (exact) mass is 585 g/mol. The molecule has 3 saturated heterocycles. The van der Waals surface area contributed by atoms with Gasteiger partial charge in [0.1, 0.15) is 18.1 Å². The predicted octanol–water partition coefficient (Wildman–Crippen LogP) is -0.408. The fourth-order valence-corrected chi connectivity index (χ4v) is 5.79. The number of hydrogen-bond acceptors (Lipinski definition) is 7. The third-order valence-electron chi connectivity index (χ3n) is 8.47. The Hall–Kier alpha value is -3.51. The highest BCUT2D eigenvalue weighted by molar-refractivity contribution is 5.95. The SMILES string of the molecule is CC[C@H](C)[C@@H]1NC(=O)CN(C(=O)C2CCOCC2)CCNC(=O)[C@H](Cc2ccccc2)NC(=O)[C@@H]2C[C@@H](O)CN2C1=O. The predicted molar refractivity (Wildman–Crippen MR) is 153 cm³/mol. The lowest BCUT2D eigenvalue weighted by Gasteiger charge is -2.32. The Bertz CT molecular complexity index is 1130. The summed E-state index contributed by atoms with van der Waals surface area (Å²) < 4.78 is 5.40. The number of aliphatic hydroxyl groups excluding tert-OH is 1. The van der Waals surface area contributed by atoms with Gasteiger partial charge in [0.2, 0.25) is 29.5 Å². The Morgan fingerprint density at radius 2 is 1.79 bits per heavy atom. The molecule has 4 rings (SSSR count). The van der Waals surface area contributed by atoms with Crippen LogP contribution in [0.2, 0.25) is 0 Å². The van der Waals surface area contributed by atoms with Crippen molar-refractivity contribution in [2.45, 2.75) is 70.2 Å². The van der Waals surface area contributed by atoms with Gasteiger partial charge in [-0.05, 0) is 24.3 Å². The molecule has 230 valence electrons. The molecular formula is C30H43N5O7. The van der Waals surface area contributed by atoms with Crippen molar-refractivity contribution in [2.75, 3.05) is 39.4 Å². The molecule has 3 heterocycles. The van der Waals surface area contributed by atoms with E-state index in [0.29, 0.717) is 32.5 Å². The number of nitrogens with zero attached hydrogens (tertiary/aromatic N) is 2. The quantitative estimate of drug-likeness (QED) is 0.366. The number of hydrogen-bond donors (Lipinski definition) is 4. The normalized spacial score (nSPS) is 27.7. The molecule has 0 unspecified atom stereocenters. The number of benzene rings is 1. The van der Waals surface area contributed by atoms with E-state index in [1.807, 2.05) is 44.2 Å². The maximum absolute atomic E-state index is 13.8. The Labute approximate surface area is 246 Å². The highest BCUT2D eigenvalue weighted by atomic mass is 16.5. The fourth-order valence-electron chi connectivity index (χ4n) is 5.79. The van der Waals surface area contributed by atoms with Crippen molar-refractivity contribution in [1.82, 2.24) is 25.8 Å². The average Bonchev–Trinajstić information content (AvgIpc) is 3.40. The van der Waals surface area contributed by atoms with Gasteiger partial charge in [-0.1, -0.05) is 50.6 Å². The van der Waals surface area contributed by atoms with Crippen LogP contribution in [0.4, 0.5) is 0 Å². The molecule has 0 aromatic heterocycles. The van der Waals surface area contributed by atoms with E-state index in [-0.39, 0.29) is 56.8 Å². The van der Waals surface area contributed by atoms with Crippen LogP contribution in [0.5, 0.6) is 0 Å². The van der Waals surface area contributed by atoms with Crippen molar-refractivity contribution < 1.29 is 33.8 Å². The average molecular weight is 586 g/mol. The molecule has 0 spiro atoms. The summed E-state index contributed by atoms with van der Waals surface area (Å²) in [6, 6.07) is 6.34. The van der Waals surface area contributed by atoms with E-state index in [0.717, 1.165) is 5.56 Å². The van der Waals surface area contributed by atoms with Crippen LogP contribution in [0.25, 0.3) is 0 Å². The maximum atomic E-state index is 13.8. The first-order chi connectivity index (χ1) is 20.2. The summed E-state index contributed by atoms with van der Waals surface area (Å²) in [5.74, 6) is -2.74. The van der Waals surface area contributed by atoms with Crippen molar-refractivity contribution in [2.24, 2.45) is 11.8 Å². The second kappa shape index (κ2) is 14.6. The minimum atomic E-state index is -1.00. The van der Waals surface area contributed by atoms with Crippen LogP contribution in [0, 0.1) is 11.8 Å². The third-order valence-corrected chi connectivity index (χ3v) is 8.47. The van der Waals surface area contributed by atoms with Crippen molar-refractivity contribution >= 4 is 29.5 Å². The van der Waals surface area contributed by atoms with Crippen LogP contribution in [0.1, 0.15) is 45.1 Å². The van der Waals surface area contributed by atoms with Crippen molar-refractivity contribution in [3.05, 3.63) is 35.9 Å². The first-order valence-corrected chi connectivity index (χ1v) is 14.9. The van der Waals surface area contributed by atoms with Crippen LogP contribution in [-0.4, -0.2) is 108 Å². The van der Waals surface area contributed by atoms with Crippen LogP contribution >= 0.6 is 0 Å². The van der Waals surface area contributed by atoms with Gasteiger partial charge in [0.25, 0.3) is 0 Å². The lowest BCUT2D eigenvalue weighted by molar-refractivity contribution is -0.144. The van der Waals surface area contributed by atoms with E-state index in [4.69, 9.17) is 4.74 Å². The molecule has 0 radical (unpaired) electrons. The Kier molecular flexibility index (Phi) is 10.9. The molecule has 4 N–H and O–H groups in total. The molecule has 12 heteroatoms. The molecular weight excluding hydrogens is 542 g/mol. The number of ether oxygens (including phenoxy) is 1. The summed E-state index contributed by atoms with van der Waals surface area (Å²) in [4.78, 5) is 70.3. The lowest BCUT2D eigenvalue weighted by atomic mass is 9.97. The van der Waals surface area contributed by atoms with Gasteiger partial charge in [0.15, 0.2) is 0 Å². The zero-order valence-electron chi connectivity index (χ0n) is 24.4. The number of amides is 5. The highest BCUT2D eigenvalue weighted by Crippen LogP contribution is 2.23. The summed E-state index contributed by atoms with van der Waals surface area (Å²) in [5, 5.41) is 18.9. The first kappa shape index (κ1) is 31.4. The molecule has 0 aliphatic carbocycles. The van der Waals surface area contributed by atoms with Crippen molar-refractivity contribution in [3.63, 3.8) is 0 Å². The van der Waals surface area contributed by atoms with E-state index in [1.54, 1.807) is 0 Å². The number of carbonyl (C=O) groups excluding carboxylic acids is 5. The Balaban J connectivity index is 1.64. The molecule has 3 aliphatic rings. The minimum Gasteiger partial charge on any atom is -0.391 e. The summed E-state index contributed by atoms with van der Waals surface area (Å²) in [5.41, 5.74) is 0.832.